The smallest absolute Gasteiger partial charge is 0.0608 e. The van der Waals surface area contributed by atoms with Crippen molar-refractivity contribution in [1.82, 2.24) is 0 Å². The molecule has 30 valence electrons. The van der Waals surface area contributed by atoms with E-state index >= 15 is 0 Å². The van der Waals surface area contributed by atoms with Gasteiger partial charge in [-0.05, 0) is 12.2 Å². The molecule has 0 radical (unpaired) electrons. The van der Waals surface area contributed by atoms with Gasteiger partial charge in [-0.3, -0.25) is 0 Å². The summed E-state index contributed by atoms with van der Waals surface area (Å²) < 4.78 is 0.794. The van der Waals surface area contributed by atoms with Crippen molar-refractivity contribution in [2.75, 3.05) is 5.75 Å². The first-order valence-corrected chi connectivity index (χ1v) is 3.62. The van der Waals surface area contributed by atoms with Crippen LogP contribution in [0, 0.1) is 0 Å². The molecular weight excluding hydrogens is 148 g/mol. The van der Waals surface area contributed by atoms with Gasteiger partial charge in [-0.25, -0.2) is 0 Å². The maximum Gasteiger partial charge on any atom is 0.0608 e. The van der Waals surface area contributed by atoms with Gasteiger partial charge >= 0.3 is 0 Å². The van der Waals surface area contributed by atoms with Gasteiger partial charge in [0.15, 0.2) is 0 Å². The Labute approximate surface area is 44.5 Å². The van der Waals surface area contributed by atoms with Gasteiger partial charge in [0.2, 0.25) is 0 Å². The van der Waals surface area contributed by atoms with E-state index in [1.54, 1.807) is 0 Å². The predicted octanol–water partition coefficient (Wildman–Crippen LogP) is 1.84. The molecule has 0 aromatic rings. The summed E-state index contributed by atoms with van der Waals surface area (Å²) in [5.41, 5.74) is 0. The van der Waals surface area contributed by atoms with Crippen molar-refractivity contribution in [3.63, 3.8) is 0 Å². The van der Waals surface area contributed by atoms with Crippen LogP contribution in [-0.4, -0.2) is 9.91 Å². The number of rotatable bonds is 0. The molecule has 0 aromatic carbocycles. The lowest BCUT2D eigenvalue weighted by Gasteiger charge is -2.16. The van der Waals surface area contributed by atoms with Crippen LogP contribution in [0.1, 0.15) is 6.42 Å². The molecule has 0 spiro atoms. The Bertz CT molecular complexity index is 33.9. The molecular formula is C3H5BrS. The Kier molecular flexibility index (Phi) is 1.22. The molecule has 1 atom stereocenters. The largest absolute Gasteiger partial charge is 0.147 e. The van der Waals surface area contributed by atoms with E-state index in [-0.39, 0.29) is 0 Å². The number of hydrogen-bond donors (Lipinski definition) is 0. The number of hydrogen-bond acceptors (Lipinski definition) is 1. The third-order valence-corrected chi connectivity index (χ3v) is 2.96. The van der Waals surface area contributed by atoms with Crippen LogP contribution >= 0.6 is 27.7 Å². The molecule has 1 saturated heterocycles. The zero-order valence-electron chi connectivity index (χ0n) is 2.78. The van der Waals surface area contributed by atoms with E-state index in [0.29, 0.717) is 0 Å². The number of halogens is 1. The second kappa shape index (κ2) is 1.52. The highest BCUT2D eigenvalue weighted by molar-refractivity contribution is 9.11. The average Bonchev–Trinajstić information content (AvgIpc) is 1.30. The molecule has 0 saturated carbocycles. The van der Waals surface area contributed by atoms with Gasteiger partial charge in [0.25, 0.3) is 0 Å². The Morgan fingerprint density at radius 1 is 1.80 bits per heavy atom. The van der Waals surface area contributed by atoms with E-state index in [4.69, 9.17) is 0 Å². The number of alkyl halides is 1. The normalized spacial score (nSPS) is 36.6. The lowest BCUT2D eigenvalue weighted by molar-refractivity contribution is 1.02. The fraction of sp³-hybridized carbons (Fsp3) is 1.00. The fourth-order valence-corrected chi connectivity index (χ4v) is 1.74. The van der Waals surface area contributed by atoms with Crippen molar-refractivity contribution >= 4 is 27.7 Å². The van der Waals surface area contributed by atoms with Crippen LogP contribution in [-0.2, 0) is 0 Å². The Morgan fingerprint density at radius 3 is 2.20 bits per heavy atom. The van der Waals surface area contributed by atoms with Crippen LogP contribution in [0.25, 0.3) is 0 Å². The van der Waals surface area contributed by atoms with Crippen LogP contribution in [0.15, 0.2) is 0 Å². The van der Waals surface area contributed by atoms with E-state index in [1.807, 2.05) is 11.8 Å². The first-order valence-electron chi connectivity index (χ1n) is 1.65. The summed E-state index contributed by atoms with van der Waals surface area (Å²) >= 11 is 5.40. The van der Waals surface area contributed by atoms with Gasteiger partial charge in [-0.15, -0.1) is 11.8 Å². The van der Waals surface area contributed by atoms with Crippen LogP contribution in [0.4, 0.5) is 0 Å². The quantitative estimate of drug-likeness (QED) is 0.478. The van der Waals surface area contributed by atoms with E-state index in [1.165, 1.54) is 12.2 Å². The summed E-state index contributed by atoms with van der Waals surface area (Å²) in [7, 11) is 0. The summed E-state index contributed by atoms with van der Waals surface area (Å²) in [6.45, 7) is 0. The Balaban J connectivity index is 2.08. The van der Waals surface area contributed by atoms with Crippen molar-refractivity contribution in [2.24, 2.45) is 0 Å². The third kappa shape index (κ3) is 0.829. The maximum atomic E-state index is 3.42. The zero-order chi connectivity index (χ0) is 3.70. The van der Waals surface area contributed by atoms with E-state index in [9.17, 15) is 0 Å². The van der Waals surface area contributed by atoms with Gasteiger partial charge in [0, 0.05) is 0 Å². The van der Waals surface area contributed by atoms with Gasteiger partial charge < -0.3 is 0 Å². The molecule has 1 aliphatic rings. The minimum absolute atomic E-state index is 0.794. The summed E-state index contributed by atoms with van der Waals surface area (Å²) in [6.07, 6.45) is 1.37. The monoisotopic (exact) mass is 152 g/mol. The van der Waals surface area contributed by atoms with Crippen LogP contribution in [0.5, 0.6) is 0 Å². The first-order chi connectivity index (χ1) is 2.39. The second-order valence-corrected chi connectivity index (χ2v) is 4.09. The zero-order valence-corrected chi connectivity index (χ0v) is 5.18. The Morgan fingerprint density at radius 2 is 2.20 bits per heavy atom. The fourth-order valence-electron chi connectivity index (χ4n) is 0.207. The molecule has 0 bridgehead atoms. The van der Waals surface area contributed by atoms with Crippen molar-refractivity contribution < 1.29 is 0 Å². The molecule has 0 amide bonds. The summed E-state index contributed by atoms with van der Waals surface area (Å²) in [6, 6.07) is 0. The first kappa shape index (κ1) is 4.00. The van der Waals surface area contributed by atoms with Gasteiger partial charge in [-0.1, -0.05) is 15.9 Å². The second-order valence-electron chi connectivity index (χ2n) is 1.07. The van der Waals surface area contributed by atoms with E-state index in [0.717, 1.165) is 4.16 Å². The summed E-state index contributed by atoms with van der Waals surface area (Å²) in [4.78, 5) is 0. The highest BCUT2D eigenvalue weighted by atomic mass is 79.9. The lowest BCUT2D eigenvalue weighted by atomic mass is 10.5. The molecule has 5 heavy (non-hydrogen) atoms. The summed E-state index contributed by atoms with van der Waals surface area (Å²) in [5, 5.41) is 0. The van der Waals surface area contributed by atoms with Crippen LogP contribution in [0.2, 0.25) is 0 Å². The third-order valence-electron chi connectivity index (χ3n) is 0.644. The van der Waals surface area contributed by atoms with Crippen molar-refractivity contribution in [1.29, 1.82) is 0 Å². The van der Waals surface area contributed by atoms with Crippen LogP contribution in [0.3, 0.4) is 0 Å². The minimum Gasteiger partial charge on any atom is -0.147 e. The highest BCUT2D eigenvalue weighted by Crippen LogP contribution is 2.31. The topological polar surface area (TPSA) is 0 Å². The molecule has 1 aliphatic heterocycles. The highest BCUT2D eigenvalue weighted by Gasteiger charge is 2.12. The molecule has 1 heterocycles. The van der Waals surface area contributed by atoms with E-state index in [2.05, 4.69) is 15.9 Å². The molecule has 0 aliphatic carbocycles. The average molecular weight is 153 g/mol. The summed E-state index contributed by atoms with van der Waals surface area (Å²) in [5.74, 6) is 1.36. The molecule has 2 heteroatoms. The van der Waals surface area contributed by atoms with Gasteiger partial charge in [-0.2, -0.15) is 0 Å². The molecule has 0 nitrogen and oxygen atoms in total. The van der Waals surface area contributed by atoms with Gasteiger partial charge in [0.05, 0.1) is 4.16 Å². The SMILES string of the molecule is Br[C@H]1CCS1. The van der Waals surface area contributed by atoms with Gasteiger partial charge in [0.1, 0.15) is 0 Å². The minimum atomic E-state index is 0.794. The van der Waals surface area contributed by atoms with Crippen molar-refractivity contribution in [2.45, 2.75) is 10.6 Å². The Hall–Kier alpha value is 0.830. The molecule has 1 rings (SSSR count). The maximum absolute atomic E-state index is 3.42. The van der Waals surface area contributed by atoms with E-state index < -0.39 is 0 Å². The molecule has 0 aromatic heterocycles. The lowest BCUT2D eigenvalue weighted by Crippen LogP contribution is -2.05. The van der Waals surface area contributed by atoms with Crippen LogP contribution < -0.4 is 0 Å². The van der Waals surface area contributed by atoms with Crippen molar-refractivity contribution in [3.8, 4) is 0 Å². The number of thioether (sulfide) groups is 1. The standard InChI is InChI=1S/C3H5BrS/c4-3-1-2-5-3/h3H,1-2H2/t3-/m1/s1. The predicted molar refractivity (Wildman–Crippen MR) is 29.8 cm³/mol. The molecule has 1 fully saturated rings. The van der Waals surface area contributed by atoms with Crippen molar-refractivity contribution in [3.05, 3.63) is 0 Å². The molecule has 0 N–H and O–H groups in total. The molecule has 0 unspecified atom stereocenters.